The predicted octanol–water partition coefficient (Wildman–Crippen LogP) is 0.861. The van der Waals surface area contributed by atoms with Gasteiger partial charge in [-0.15, -0.1) is 0 Å². The van der Waals surface area contributed by atoms with Crippen molar-refractivity contribution in [3.63, 3.8) is 0 Å². The molecule has 0 saturated carbocycles. The van der Waals surface area contributed by atoms with Gasteiger partial charge in [-0.1, -0.05) is 0 Å². The average Bonchev–Trinajstić information content (AvgIpc) is 2.20. The lowest BCUT2D eigenvalue weighted by atomic mass is 10.1. The number of aliphatic hydroxyl groups is 1. The zero-order valence-corrected chi connectivity index (χ0v) is 9.27. The number of nitrogen functional groups attached to an aromatic ring is 1. The molecule has 1 rings (SSSR count). The molecule has 0 aliphatic heterocycles. The van der Waals surface area contributed by atoms with Gasteiger partial charge in [-0.2, -0.15) is 0 Å². The second-order valence-corrected chi connectivity index (χ2v) is 3.77. The highest BCUT2D eigenvalue weighted by Crippen LogP contribution is 2.13. The van der Waals surface area contributed by atoms with Gasteiger partial charge in [0.15, 0.2) is 0 Å². The monoisotopic (exact) mass is 226 g/mol. The van der Waals surface area contributed by atoms with Gasteiger partial charge >= 0.3 is 0 Å². The molecule has 16 heavy (non-hydrogen) atoms. The Labute approximate surface area is 93.5 Å². The van der Waals surface area contributed by atoms with Crippen molar-refractivity contribution in [1.29, 1.82) is 0 Å². The van der Waals surface area contributed by atoms with Gasteiger partial charge in [0.25, 0.3) is 5.91 Å². The highest BCUT2D eigenvalue weighted by molar-refractivity contribution is 5.94. The molecule has 0 radical (unpaired) electrons. The van der Waals surface area contributed by atoms with Gasteiger partial charge in [-0.05, 0) is 25.1 Å². The summed E-state index contributed by atoms with van der Waals surface area (Å²) in [7, 11) is 1.56. The third-order valence-electron chi connectivity index (χ3n) is 2.13. The smallest absolute Gasteiger partial charge is 0.253 e. The summed E-state index contributed by atoms with van der Waals surface area (Å²) in [5.41, 5.74) is 5.61. The molecular weight excluding hydrogens is 211 g/mol. The molecule has 1 unspecified atom stereocenters. The fraction of sp³-hybridized carbons (Fsp3) is 0.364. The van der Waals surface area contributed by atoms with Crippen molar-refractivity contribution < 1.29 is 14.3 Å². The van der Waals surface area contributed by atoms with E-state index in [1.54, 1.807) is 14.0 Å². The van der Waals surface area contributed by atoms with Crippen molar-refractivity contribution in [2.45, 2.75) is 13.0 Å². The van der Waals surface area contributed by atoms with Crippen LogP contribution in [0.25, 0.3) is 0 Å². The van der Waals surface area contributed by atoms with E-state index < -0.39 is 11.9 Å². The summed E-state index contributed by atoms with van der Waals surface area (Å²) in [6, 6.07) is 3.81. The number of anilines is 1. The van der Waals surface area contributed by atoms with Crippen LogP contribution in [-0.4, -0.2) is 35.6 Å². The molecule has 0 heterocycles. The van der Waals surface area contributed by atoms with Gasteiger partial charge in [-0.25, -0.2) is 4.39 Å². The molecule has 88 valence electrons. The van der Waals surface area contributed by atoms with E-state index in [1.807, 2.05) is 0 Å². The highest BCUT2D eigenvalue weighted by atomic mass is 19.1. The van der Waals surface area contributed by atoms with Gasteiger partial charge in [0.05, 0.1) is 11.8 Å². The number of likely N-dealkylation sites (N-methyl/N-ethyl adjacent to an activating group) is 1. The Hall–Kier alpha value is -1.62. The minimum atomic E-state index is -0.605. The molecule has 0 fully saturated rings. The van der Waals surface area contributed by atoms with Crippen LogP contribution < -0.4 is 5.73 Å². The summed E-state index contributed by atoms with van der Waals surface area (Å²) in [6.45, 7) is 1.80. The molecule has 1 aromatic carbocycles. The minimum absolute atomic E-state index is 0.0590. The van der Waals surface area contributed by atoms with Crippen LogP contribution >= 0.6 is 0 Å². The molecule has 0 spiro atoms. The second kappa shape index (κ2) is 4.94. The maximum atomic E-state index is 12.9. The van der Waals surface area contributed by atoms with E-state index in [0.717, 1.165) is 6.07 Å². The maximum Gasteiger partial charge on any atom is 0.253 e. The number of carbonyl (C=O) groups is 1. The standard InChI is InChI=1S/C11H15FN2O2/c1-7(15)6-14(2)11(16)8-3-4-9(12)10(13)5-8/h3-5,7,15H,6,13H2,1-2H3. The number of hydrogen-bond acceptors (Lipinski definition) is 3. The van der Waals surface area contributed by atoms with E-state index >= 15 is 0 Å². The lowest BCUT2D eigenvalue weighted by Gasteiger charge is -2.18. The number of nitrogens with zero attached hydrogens (tertiary/aromatic N) is 1. The number of carbonyl (C=O) groups excluding carboxylic acids is 1. The molecular formula is C11H15FN2O2. The number of rotatable bonds is 3. The van der Waals surface area contributed by atoms with Crippen molar-refractivity contribution >= 4 is 11.6 Å². The van der Waals surface area contributed by atoms with Gasteiger partial charge in [-0.3, -0.25) is 4.79 Å². The summed E-state index contributed by atoms with van der Waals surface area (Å²) in [6.07, 6.45) is -0.605. The van der Waals surface area contributed by atoms with Gasteiger partial charge in [0.1, 0.15) is 5.82 Å². The Morgan fingerprint density at radius 3 is 2.75 bits per heavy atom. The summed E-state index contributed by atoms with van der Waals surface area (Å²) >= 11 is 0. The molecule has 1 aromatic rings. The second-order valence-electron chi connectivity index (χ2n) is 3.77. The lowest BCUT2D eigenvalue weighted by molar-refractivity contribution is 0.0703. The van der Waals surface area contributed by atoms with E-state index in [0.29, 0.717) is 5.56 Å². The van der Waals surface area contributed by atoms with Gasteiger partial charge in [0.2, 0.25) is 0 Å². The Balaban J connectivity index is 2.84. The Morgan fingerprint density at radius 1 is 1.62 bits per heavy atom. The number of halogens is 1. The first-order valence-corrected chi connectivity index (χ1v) is 4.90. The molecule has 0 aliphatic rings. The fourth-order valence-corrected chi connectivity index (χ4v) is 1.38. The first-order chi connectivity index (χ1) is 7.41. The average molecular weight is 226 g/mol. The molecule has 0 saturated heterocycles. The van der Waals surface area contributed by atoms with Crippen molar-refractivity contribution in [2.24, 2.45) is 0 Å². The van der Waals surface area contributed by atoms with E-state index in [2.05, 4.69) is 0 Å². The molecule has 5 heteroatoms. The lowest BCUT2D eigenvalue weighted by Crippen LogP contribution is -2.33. The predicted molar refractivity (Wildman–Crippen MR) is 59.5 cm³/mol. The highest BCUT2D eigenvalue weighted by Gasteiger charge is 2.14. The fourth-order valence-electron chi connectivity index (χ4n) is 1.38. The van der Waals surface area contributed by atoms with E-state index in [-0.39, 0.29) is 18.1 Å². The van der Waals surface area contributed by atoms with Crippen molar-refractivity contribution in [2.75, 3.05) is 19.3 Å². The molecule has 1 atom stereocenters. The van der Waals surface area contributed by atoms with Gasteiger partial charge in [0, 0.05) is 19.2 Å². The minimum Gasteiger partial charge on any atom is -0.396 e. The van der Waals surface area contributed by atoms with Crippen LogP contribution in [0, 0.1) is 5.82 Å². The third kappa shape index (κ3) is 2.93. The SMILES string of the molecule is CC(O)CN(C)C(=O)c1ccc(F)c(N)c1. The van der Waals surface area contributed by atoms with E-state index in [1.165, 1.54) is 17.0 Å². The number of hydrogen-bond donors (Lipinski definition) is 2. The first kappa shape index (κ1) is 12.4. The summed E-state index contributed by atoms with van der Waals surface area (Å²) in [5.74, 6) is -0.845. The Morgan fingerprint density at radius 2 is 2.25 bits per heavy atom. The summed E-state index contributed by atoms with van der Waals surface area (Å²) in [4.78, 5) is 13.1. The number of nitrogens with two attached hydrogens (primary N) is 1. The topological polar surface area (TPSA) is 66.6 Å². The third-order valence-corrected chi connectivity index (χ3v) is 2.13. The molecule has 4 nitrogen and oxygen atoms in total. The van der Waals surface area contributed by atoms with Crippen molar-refractivity contribution in [3.05, 3.63) is 29.6 Å². The maximum absolute atomic E-state index is 12.9. The Kier molecular flexibility index (Phi) is 3.84. The number of benzene rings is 1. The van der Waals surface area contributed by atoms with Crippen molar-refractivity contribution in [1.82, 2.24) is 4.90 Å². The number of aliphatic hydroxyl groups excluding tert-OH is 1. The van der Waals surface area contributed by atoms with Crippen molar-refractivity contribution in [3.8, 4) is 0 Å². The molecule has 3 N–H and O–H groups in total. The van der Waals surface area contributed by atoms with Crippen LogP contribution in [0.15, 0.2) is 18.2 Å². The zero-order valence-electron chi connectivity index (χ0n) is 9.27. The number of amides is 1. The molecule has 0 aliphatic carbocycles. The normalized spacial score (nSPS) is 12.2. The largest absolute Gasteiger partial charge is 0.396 e. The van der Waals surface area contributed by atoms with Crippen LogP contribution in [0.1, 0.15) is 17.3 Å². The Bertz CT molecular complexity index is 394. The quantitative estimate of drug-likeness (QED) is 0.751. The first-order valence-electron chi connectivity index (χ1n) is 4.90. The van der Waals surface area contributed by atoms with E-state index in [9.17, 15) is 9.18 Å². The molecule has 0 bridgehead atoms. The van der Waals surface area contributed by atoms with Crippen LogP contribution in [0.3, 0.4) is 0 Å². The zero-order chi connectivity index (χ0) is 12.3. The summed E-state index contributed by atoms with van der Waals surface area (Å²) < 4.78 is 12.9. The molecule has 0 aromatic heterocycles. The van der Waals surface area contributed by atoms with Crippen LogP contribution in [0.2, 0.25) is 0 Å². The van der Waals surface area contributed by atoms with Gasteiger partial charge < -0.3 is 15.7 Å². The van der Waals surface area contributed by atoms with E-state index in [4.69, 9.17) is 10.8 Å². The van der Waals surface area contributed by atoms with Crippen LogP contribution in [0.4, 0.5) is 10.1 Å². The van der Waals surface area contributed by atoms with Crippen LogP contribution in [-0.2, 0) is 0 Å². The summed E-state index contributed by atoms with van der Waals surface area (Å²) in [5, 5.41) is 9.14. The van der Waals surface area contributed by atoms with Crippen LogP contribution in [0.5, 0.6) is 0 Å². The molecule has 1 amide bonds.